The highest BCUT2D eigenvalue weighted by atomic mass is 35.5. The van der Waals surface area contributed by atoms with Crippen molar-refractivity contribution >= 4 is 17.6 Å². The van der Waals surface area contributed by atoms with Crippen molar-refractivity contribution in [2.24, 2.45) is 5.92 Å². The molecule has 0 spiro atoms. The summed E-state index contributed by atoms with van der Waals surface area (Å²) in [6.07, 6.45) is 2.65. The fourth-order valence-corrected chi connectivity index (χ4v) is 2.48. The molecule has 0 heterocycles. The van der Waals surface area contributed by atoms with E-state index < -0.39 is 5.82 Å². The number of hydrogen-bond acceptors (Lipinski definition) is 2. The number of carbonyl (C=O) groups excluding carboxylic acids is 1. The van der Waals surface area contributed by atoms with Crippen LogP contribution < -0.4 is 10.6 Å². The molecule has 0 aliphatic carbocycles. The highest BCUT2D eigenvalue weighted by molar-refractivity contribution is 6.30. The van der Waals surface area contributed by atoms with Gasteiger partial charge in [0.1, 0.15) is 5.82 Å². The molecule has 1 rings (SSSR count). The van der Waals surface area contributed by atoms with E-state index in [0.29, 0.717) is 13.0 Å². The molecule has 1 aromatic rings. The van der Waals surface area contributed by atoms with Gasteiger partial charge in [-0.2, -0.15) is 0 Å². The molecule has 1 aromatic carbocycles. The summed E-state index contributed by atoms with van der Waals surface area (Å²) in [5.74, 6) is -0.204. The Balaban J connectivity index is 2.47. The first kappa shape index (κ1) is 18.7. The van der Waals surface area contributed by atoms with E-state index >= 15 is 0 Å². The fraction of sp³-hybridized carbons (Fsp3) is 0.562. The van der Waals surface area contributed by atoms with E-state index in [9.17, 15) is 9.18 Å². The summed E-state index contributed by atoms with van der Waals surface area (Å²) in [6, 6.07) is 3.82. The highest BCUT2D eigenvalue weighted by Crippen LogP contribution is 2.20. The summed E-state index contributed by atoms with van der Waals surface area (Å²) in [6.45, 7) is 4.53. The summed E-state index contributed by atoms with van der Waals surface area (Å²) >= 11 is 5.74. The summed E-state index contributed by atoms with van der Waals surface area (Å²) in [5.41, 5.74) is 0.738. The first-order chi connectivity index (χ1) is 10.5. The van der Waals surface area contributed by atoms with Gasteiger partial charge in [0.15, 0.2) is 0 Å². The summed E-state index contributed by atoms with van der Waals surface area (Å²) in [5, 5.41) is 14.6. The lowest BCUT2D eigenvalue weighted by Gasteiger charge is -2.19. The van der Waals surface area contributed by atoms with Gasteiger partial charge in [0.25, 0.3) is 0 Å². The van der Waals surface area contributed by atoms with Crippen LogP contribution in [0.2, 0.25) is 5.02 Å². The zero-order valence-electron chi connectivity index (χ0n) is 13.0. The largest absolute Gasteiger partial charge is 0.396 e. The minimum atomic E-state index is -0.478. The molecule has 22 heavy (non-hydrogen) atoms. The van der Waals surface area contributed by atoms with Gasteiger partial charge in [0.05, 0.1) is 11.1 Å². The molecule has 0 saturated heterocycles. The first-order valence-corrected chi connectivity index (χ1v) is 7.95. The van der Waals surface area contributed by atoms with Crippen molar-refractivity contribution in [3.8, 4) is 0 Å². The van der Waals surface area contributed by atoms with Crippen LogP contribution in [0.3, 0.4) is 0 Å². The fourth-order valence-electron chi connectivity index (χ4n) is 2.29. The van der Waals surface area contributed by atoms with Crippen LogP contribution in [0.25, 0.3) is 0 Å². The standard InChI is InChI=1S/C16H24ClFN2O2/c1-3-4-12(7-8-21)10-19-16(22)20-11(2)13-5-6-15(18)14(17)9-13/h5-6,9,11-12,21H,3-4,7-8,10H2,1-2H3,(H2,19,20,22). The average molecular weight is 331 g/mol. The maximum atomic E-state index is 13.1. The van der Waals surface area contributed by atoms with E-state index in [1.54, 1.807) is 13.0 Å². The Hall–Kier alpha value is -1.33. The zero-order valence-corrected chi connectivity index (χ0v) is 13.8. The topological polar surface area (TPSA) is 61.4 Å². The van der Waals surface area contributed by atoms with Gasteiger partial charge in [0.2, 0.25) is 0 Å². The molecular formula is C16H24ClFN2O2. The van der Waals surface area contributed by atoms with Crippen LogP contribution in [-0.2, 0) is 0 Å². The maximum Gasteiger partial charge on any atom is 0.315 e. The molecule has 6 heteroatoms. The molecule has 0 aromatic heterocycles. The average Bonchev–Trinajstić information content (AvgIpc) is 2.48. The number of amides is 2. The second-order valence-corrected chi connectivity index (χ2v) is 5.82. The predicted octanol–water partition coefficient (Wildman–Crippen LogP) is 3.64. The number of halogens is 2. The van der Waals surface area contributed by atoms with E-state index in [1.165, 1.54) is 12.1 Å². The Morgan fingerprint density at radius 2 is 2.14 bits per heavy atom. The monoisotopic (exact) mass is 330 g/mol. The molecule has 124 valence electrons. The lowest BCUT2D eigenvalue weighted by Crippen LogP contribution is -2.39. The lowest BCUT2D eigenvalue weighted by atomic mass is 10.0. The molecule has 2 atom stereocenters. The molecule has 0 aliphatic rings. The molecule has 2 amide bonds. The Morgan fingerprint density at radius 1 is 1.41 bits per heavy atom. The van der Waals surface area contributed by atoms with Crippen LogP contribution in [0.15, 0.2) is 18.2 Å². The van der Waals surface area contributed by atoms with E-state index in [-0.39, 0.29) is 29.6 Å². The molecular weight excluding hydrogens is 307 g/mol. The van der Waals surface area contributed by atoms with Gasteiger partial charge in [-0.1, -0.05) is 31.0 Å². The summed E-state index contributed by atoms with van der Waals surface area (Å²) in [7, 11) is 0. The second kappa shape index (κ2) is 9.64. The number of carbonyl (C=O) groups is 1. The second-order valence-electron chi connectivity index (χ2n) is 5.42. The maximum absolute atomic E-state index is 13.1. The van der Waals surface area contributed by atoms with Crippen molar-refractivity contribution in [2.75, 3.05) is 13.2 Å². The third-order valence-corrected chi connectivity index (χ3v) is 3.87. The predicted molar refractivity (Wildman–Crippen MR) is 86.5 cm³/mol. The zero-order chi connectivity index (χ0) is 16.5. The molecule has 2 unspecified atom stereocenters. The summed E-state index contributed by atoms with van der Waals surface area (Å²) < 4.78 is 13.1. The number of rotatable bonds is 8. The highest BCUT2D eigenvalue weighted by Gasteiger charge is 2.13. The number of benzene rings is 1. The number of urea groups is 1. The normalized spacial score (nSPS) is 13.5. The third kappa shape index (κ3) is 6.20. The van der Waals surface area contributed by atoms with Gasteiger partial charge in [-0.05, 0) is 43.4 Å². The quantitative estimate of drug-likeness (QED) is 0.681. The van der Waals surface area contributed by atoms with Crippen LogP contribution in [0.1, 0.15) is 44.7 Å². The Kier molecular flexibility index (Phi) is 8.20. The third-order valence-electron chi connectivity index (χ3n) is 3.58. The minimum absolute atomic E-state index is 0.0394. The first-order valence-electron chi connectivity index (χ1n) is 7.58. The molecule has 0 fully saturated rings. The van der Waals surface area contributed by atoms with Crippen LogP contribution in [0.5, 0.6) is 0 Å². The van der Waals surface area contributed by atoms with Gasteiger partial charge in [-0.15, -0.1) is 0 Å². The molecule has 0 bridgehead atoms. The van der Waals surface area contributed by atoms with Crippen LogP contribution in [0.4, 0.5) is 9.18 Å². The Labute approximate surface area is 136 Å². The van der Waals surface area contributed by atoms with Crippen molar-refractivity contribution in [2.45, 2.75) is 39.2 Å². The SMILES string of the molecule is CCCC(CCO)CNC(=O)NC(C)c1ccc(F)c(Cl)c1. The smallest absolute Gasteiger partial charge is 0.315 e. The van der Waals surface area contributed by atoms with E-state index in [1.807, 2.05) is 0 Å². The molecule has 0 saturated carbocycles. The van der Waals surface area contributed by atoms with Crippen molar-refractivity contribution in [3.63, 3.8) is 0 Å². The molecule has 0 aliphatic heterocycles. The van der Waals surface area contributed by atoms with Crippen molar-refractivity contribution < 1.29 is 14.3 Å². The number of aliphatic hydroxyl groups is 1. The van der Waals surface area contributed by atoms with E-state index in [0.717, 1.165) is 18.4 Å². The minimum Gasteiger partial charge on any atom is -0.396 e. The van der Waals surface area contributed by atoms with Gasteiger partial charge in [0, 0.05) is 13.2 Å². The van der Waals surface area contributed by atoms with Gasteiger partial charge in [-0.25, -0.2) is 9.18 Å². The molecule has 3 N–H and O–H groups in total. The lowest BCUT2D eigenvalue weighted by molar-refractivity contribution is 0.227. The van der Waals surface area contributed by atoms with Crippen molar-refractivity contribution in [1.82, 2.24) is 10.6 Å². The summed E-state index contributed by atoms with van der Waals surface area (Å²) in [4.78, 5) is 11.9. The van der Waals surface area contributed by atoms with Crippen molar-refractivity contribution in [1.29, 1.82) is 0 Å². The number of nitrogens with one attached hydrogen (secondary N) is 2. The number of hydrogen-bond donors (Lipinski definition) is 3. The van der Waals surface area contributed by atoms with Gasteiger partial charge in [-0.3, -0.25) is 0 Å². The molecule has 4 nitrogen and oxygen atoms in total. The van der Waals surface area contributed by atoms with Gasteiger partial charge < -0.3 is 15.7 Å². The van der Waals surface area contributed by atoms with Crippen LogP contribution >= 0.6 is 11.6 Å². The van der Waals surface area contributed by atoms with Crippen LogP contribution in [-0.4, -0.2) is 24.3 Å². The number of aliphatic hydroxyl groups excluding tert-OH is 1. The van der Waals surface area contributed by atoms with Crippen LogP contribution in [0, 0.1) is 11.7 Å². The molecule has 0 radical (unpaired) electrons. The van der Waals surface area contributed by atoms with Crippen molar-refractivity contribution in [3.05, 3.63) is 34.6 Å². The Bertz CT molecular complexity index is 479. The van der Waals surface area contributed by atoms with E-state index in [4.69, 9.17) is 16.7 Å². The van der Waals surface area contributed by atoms with Gasteiger partial charge >= 0.3 is 6.03 Å². The van der Waals surface area contributed by atoms with E-state index in [2.05, 4.69) is 17.6 Å². The Morgan fingerprint density at radius 3 is 2.73 bits per heavy atom.